The number of nitrogens with one attached hydrogen (secondary N) is 1. The molecular weight excluding hydrogens is 461 g/mol. The third-order valence-electron chi connectivity index (χ3n) is 5.93. The molecule has 0 aliphatic carbocycles. The maximum Gasteiger partial charge on any atom is 0.0962 e. The quantitative estimate of drug-likeness (QED) is 0.269. The van der Waals surface area contributed by atoms with Crippen LogP contribution in [0.5, 0.6) is 0 Å². The fourth-order valence-corrected chi connectivity index (χ4v) is 4.65. The van der Waals surface area contributed by atoms with E-state index < -0.39 is 0 Å². The number of hydrogen-bond acceptors (Lipinski definition) is 1. The smallest absolute Gasteiger partial charge is 0.0962 e. The number of aromatic amines is 1. The SMILES string of the molecule is Clc1ccc(-n2nc(-c3c(-c4ccccc4)[nH]c4ccc(Cl)cc34)cc2-c2ccccc2)cc1. The summed E-state index contributed by atoms with van der Waals surface area (Å²) in [5.74, 6) is 0. The number of H-pyrrole nitrogens is 1. The molecule has 0 atom stereocenters. The molecule has 4 aromatic carbocycles. The summed E-state index contributed by atoms with van der Waals surface area (Å²) in [6, 6.07) is 36.4. The van der Waals surface area contributed by atoms with Gasteiger partial charge in [-0.25, -0.2) is 4.68 Å². The maximum absolute atomic E-state index is 6.42. The van der Waals surface area contributed by atoms with Crippen molar-refractivity contribution >= 4 is 34.1 Å². The first-order chi connectivity index (χ1) is 16.7. The van der Waals surface area contributed by atoms with Gasteiger partial charge >= 0.3 is 0 Å². The number of rotatable bonds is 4. The second kappa shape index (κ2) is 8.53. The van der Waals surface area contributed by atoms with Gasteiger partial charge in [-0.2, -0.15) is 5.10 Å². The van der Waals surface area contributed by atoms with Gasteiger partial charge in [-0.3, -0.25) is 0 Å². The molecule has 34 heavy (non-hydrogen) atoms. The Kier molecular flexibility index (Phi) is 5.21. The zero-order chi connectivity index (χ0) is 23.1. The largest absolute Gasteiger partial charge is 0.354 e. The fraction of sp³-hybridized carbons (Fsp3) is 0. The number of nitrogens with zero attached hydrogens (tertiary/aromatic N) is 2. The van der Waals surface area contributed by atoms with Crippen LogP contribution in [0.3, 0.4) is 0 Å². The van der Waals surface area contributed by atoms with E-state index in [1.165, 1.54) is 0 Å². The maximum atomic E-state index is 6.42. The highest BCUT2D eigenvalue weighted by molar-refractivity contribution is 6.31. The Morgan fingerprint density at radius 3 is 2.00 bits per heavy atom. The molecule has 0 saturated carbocycles. The van der Waals surface area contributed by atoms with Crippen molar-refractivity contribution in [3.63, 3.8) is 0 Å². The molecule has 0 spiro atoms. The highest BCUT2D eigenvalue weighted by atomic mass is 35.5. The Morgan fingerprint density at radius 2 is 1.29 bits per heavy atom. The minimum absolute atomic E-state index is 0.688. The predicted octanol–water partition coefficient (Wildman–Crippen LogP) is 8.66. The molecule has 0 bridgehead atoms. The summed E-state index contributed by atoms with van der Waals surface area (Å²) in [4.78, 5) is 3.60. The van der Waals surface area contributed by atoms with Gasteiger partial charge in [-0.15, -0.1) is 0 Å². The lowest BCUT2D eigenvalue weighted by Crippen LogP contribution is -1.99. The van der Waals surface area contributed by atoms with Crippen molar-refractivity contribution in [2.24, 2.45) is 0 Å². The average molecular weight is 480 g/mol. The van der Waals surface area contributed by atoms with Gasteiger partial charge in [0.25, 0.3) is 0 Å². The van der Waals surface area contributed by atoms with E-state index in [0.29, 0.717) is 10.0 Å². The monoisotopic (exact) mass is 479 g/mol. The van der Waals surface area contributed by atoms with E-state index in [4.69, 9.17) is 28.3 Å². The molecule has 0 amide bonds. The molecule has 6 rings (SSSR count). The van der Waals surface area contributed by atoms with Crippen LogP contribution in [0.4, 0.5) is 0 Å². The molecule has 0 saturated heterocycles. The van der Waals surface area contributed by atoms with Crippen LogP contribution in [0.25, 0.3) is 50.4 Å². The lowest BCUT2D eigenvalue weighted by atomic mass is 10.0. The van der Waals surface area contributed by atoms with Gasteiger partial charge < -0.3 is 4.98 Å². The van der Waals surface area contributed by atoms with Crippen LogP contribution in [0, 0.1) is 0 Å². The number of halogens is 2. The van der Waals surface area contributed by atoms with Gasteiger partial charge in [0.15, 0.2) is 0 Å². The van der Waals surface area contributed by atoms with E-state index >= 15 is 0 Å². The molecule has 0 aliphatic rings. The van der Waals surface area contributed by atoms with Crippen molar-refractivity contribution in [2.75, 3.05) is 0 Å². The van der Waals surface area contributed by atoms with Crippen molar-refractivity contribution in [2.45, 2.75) is 0 Å². The molecular formula is C29H19Cl2N3. The Balaban J connectivity index is 1.65. The predicted molar refractivity (Wildman–Crippen MR) is 142 cm³/mol. The normalized spacial score (nSPS) is 11.2. The summed E-state index contributed by atoms with van der Waals surface area (Å²) in [5.41, 5.74) is 8.01. The summed E-state index contributed by atoms with van der Waals surface area (Å²) in [5, 5.41) is 7.52. The highest BCUT2D eigenvalue weighted by Gasteiger charge is 2.20. The molecule has 164 valence electrons. The van der Waals surface area contributed by atoms with E-state index in [2.05, 4.69) is 35.3 Å². The number of hydrogen-bond donors (Lipinski definition) is 1. The molecule has 5 heteroatoms. The van der Waals surface area contributed by atoms with E-state index in [1.54, 1.807) is 0 Å². The Hall–Kier alpha value is -3.79. The molecule has 1 N–H and O–H groups in total. The van der Waals surface area contributed by atoms with Crippen LogP contribution in [0.2, 0.25) is 10.0 Å². The van der Waals surface area contributed by atoms with Gasteiger partial charge in [-0.05, 0) is 54.1 Å². The lowest BCUT2D eigenvalue weighted by Gasteiger charge is -2.07. The molecule has 0 unspecified atom stereocenters. The van der Waals surface area contributed by atoms with Crippen molar-refractivity contribution < 1.29 is 0 Å². The van der Waals surface area contributed by atoms with E-state index in [1.807, 2.05) is 83.5 Å². The van der Waals surface area contributed by atoms with Crippen molar-refractivity contribution in [1.82, 2.24) is 14.8 Å². The second-order valence-corrected chi connectivity index (χ2v) is 8.97. The molecule has 2 heterocycles. The van der Waals surface area contributed by atoms with Crippen molar-refractivity contribution in [1.29, 1.82) is 0 Å². The Labute approximate surface area is 207 Å². The topological polar surface area (TPSA) is 33.6 Å². The van der Waals surface area contributed by atoms with Crippen LogP contribution in [0.1, 0.15) is 0 Å². The third kappa shape index (κ3) is 3.69. The van der Waals surface area contributed by atoms with Gasteiger partial charge in [0, 0.05) is 32.1 Å². The molecule has 6 aromatic rings. The van der Waals surface area contributed by atoms with Crippen LogP contribution in [0.15, 0.2) is 109 Å². The zero-order valence-electron chi connectivity index (χ0n) is 18.0. The van der Waals surface area contributed by atoms with Crippen molar-refractivity contribution in [3.8, 4) is 39.5 Å². The number of aromatic nitrogens is 3. The molecule has 3 nitrogen and oxygen atoms in total. The minimum atomic E-state index is 0.688. The first-order valence-corrected chi connectivity index (χ1v) is 11.7. The first-order valence-electron chi connectivity index (χ1n) is 11.0. The van der Waals surface area contributed by atoms with Crippen molar-refractivity contribution in [3.05, 3.63) is 119 Å². The van der Waals surface area contributed by atoms with Crippen LogP contribution in [-0.2, 0) is 0 Å². The summed E-state index contributed by atoms with van der Waals surface area (Å²) in [7, 11) is 0. The zero-order valence-corrected chi connectivity index (χ0v) is 19.6. The van der Waals surface area contributed by atoms with Gasteiger partial charge in [-0.1, -0.05) is 83.9 Å². The van der Waals surface area contributed by atoms with Crippen LogP contribution >= 0.6 is 23.2 Å². The Morgan fingerprint density at radius 1 is 0.647 bits per heavy atom. The summed E-state index contributed by atoms with van der Waals surface area (Å²) < 4.78 is 1.97. The van der Waals surface area contributed by atoms with E-state index in [0.717, 1.165) is 50.4 Å². The standard InChI is InChI=1S/C29H19Cl2N3/c30-21-11-14-23(15-12-21)34-27(19-7-3-1-4-8-19)18-26(33-34)28-24-17-22(31)13-16-25(24)32-29(28)20-9-5-2-6-10-20/h1-18,32H. The average Bonchev–Trinajstić information content (AvgIpc) is 3.47. The molecule has 0 fully saturated rings. The van der Waals surface area contributed by atoms with Crippen LogP contribution in [-0.4, -0.2) is 14.8 Å². The molecule has 0 aliphatic heterocycles. The fourth-order valence-electron chi connectivity index (χ4n) is 4.35. The van der Waals surface area contributed by atoms with E-state index in [9.17, 15) is 0 Å². The lowest BCUT2D eigenvalue weighted by molar-refractivity contribution is 0.892. The van der Waals surface area contributed by atoms with Gasteiger partial charge in [0.05, 0.1) is 22.8 Å². The summed E-state index contributed by atoms with van der Waals surface area (Å²) >= 11 is 12.6. The van der Waals surface area contributed by atoms with Gasteiger partial charge in [0.2, 0.25) is 0 Å². The summed E-state index contributed by atoms with van der Waals surface area (Å²) in [6.07, 6.45) is 0. The first kappa shape index (κ1) is 20.8. The summed E-state index contributed by atoms with van der Waals surface area (Å²) in [6.45, 7) is 0. The van der Waals surface area contributed by atoms with Gasteiger partial charge in [0.1, 0.15) is 0 Å². The molecule has 2 aromatic heterocycles. The number of fused-ring (bicyclic) bond motifs is 1. The van der Waals surface area contributed by atoms with Crippen LogP contribution < -0.4 is 0 Å². The number of benzene rings is 4. The van der Waals surface area contributed by atoms with E-state index in [-0.39, 0.29) is 0 Å². The second-order valence-electron chi connectivity index (χ2n) is 8.10. The third-order valence-corrected chi connectivity index (χ3v) is 6.42. The molecule has 0 radical (unpaired) electrons. The Bertz CT molecular complexity index is 1600. The minimum Gasteiger partial charge on any atom is -0.354 e. The highest BCUT2D eigenvalue weighted by Crippen LogP contribution is 2.40.